The lowest BCUT2D eigenvalue weighted by atomic mass is 10.2. The fourth-order valence-corrected chi connectivity index (χ4v) is 5.19. The van der Waals surface area contributed by atoms with Gasteiger partial charge in [-0.3, -0.25) is 19.6 Å². The molecule has 0 spiro atoms. The van der Waals surface area contributed by atoms with Crippen LogP contribution >= 0.6 is 0 Å². The van der Waals surface area contributed by atoms with Gasteiger partial charge in [0, 0.05) is 36.3 Å². The molecule has 1 N–H and O–H groups in total. The van der Waals surface area contributed by atoms with Crippen molar-refractivity contribution in [2.45, 2.75) is 30.7 Å². The van der Waals surface area contributed by atoms with Crippen molar-refractivity contribution in [3.05, 3.63) is 58.8 Å². The molecule has 2 heterocycles. The van der Waals surface area contributed by atoms with Crippen molar-refractivity contribution in [3.8, 4) is 0 Å². The maximum Gasteiger partial charge on any atom is 0.271 e. The lowest BCUT2D eigenvalue weighted by molar-refractivity contribution is -0.384. The summed E-state index contributed by atoms with van der Waals surface area (Å²) < 4.78 is 28.6. The number of nitro benzene ring substituents is 1. The van der Waals surface area contributed by atoms with Crippen LogP contribution in [0, 0.1) is 10.1 Å². The number of anilines is 1. The third-order valence-electron chi connectivity index (χ3n) is 5.20. The molecular weight excluding hydrogens is 422 g/mol. The number of sulfonamides is 1. The lowest BCUT2D eigenvalue weighted by Crippen LogP contribution is -2.35. The molecular formula is C20H21N5O5S. The second-order valence-corrected chi connectivity index (χ2v) is 9.28. The minimum atomic E-state index is -3.61. The van der Waals surface area contributed by atoms with Crippen LogP contribution in [-0.2, 0) is 21.4 Å². The van der Waals surface area contributed by atoms with E-state index in [9.17, 15) is 23.3 Å². The average molecular weight is 443 g/mol. The number of amides is 1. The Morgan fingerprint density at radius 1 is 1.13 bits per heavy atom. The van der Waals surface area contributed by atoms with Gasteiger partial charge >= 0.3 is 0 Å². The van der Waals surface area contributed by atoms with Crippen LogP contribution in [0.15, 0.2) is 53.6 Å². The highest BCUT2D eigenvalue weighted by Crippen LogP contribution is 2.23. The van der Waals surface area contributed by atoms with Gasteiger partial charge in [0.15, 0.2) is 0 Å². The molecule has 1 fully saturated rings. The molecule has 1 saturated heterocycles. The maximum atomic E-state index is 12.9. The molecule has 0 aliphatic carbocycles. The summed E-state index contributed by atoms with van der Waals surface area (Å²) in [7, 11) is -3.61. The highest BCUT2D eigenvalue weighted by Gasteiger charge is 2.26. The maximum absolute atomic E-state index is 12.9. The standard InChI is InChI=1S/C20H21N5O5S/c26-20(14-24-19-12-17(25(27)28)8-7-15(19)13-21-24)22-16-5-4-6-18(11-16)31(29,30)23-9-2-1-3-10-23/h4-8,11-13H,1-3,9-10,14H2,(H,22,26). The van der Waals surface area contributed by atoms with Gasteiger partial charge in [0.05, 0.1) is 21.5 Å². The van der Waals surface area contributed by atoms with E-state index in [1.54, 1.807) is 18.2 Å². The first kappa shape index (κ1) is 20.9. The predicted octanol–water partition coefficient (Wildman–Crippen LogP) is 2.76. The Labute approximate surface area is 178 Å². The summed E-state index contributed by atoms with van der Waals surface area (Å²) in [6.45, 7) is 0.822. The summed E-state index contributed by atoms with van der Waals surface area (Å²) in [6, 6.07) is 10.5. The number of carbonyl (C=O) groups excluding carboxylic acids is 1. The zero-order chi connectivity index (χ0) is 22.0. The number of benzene rings is 2. The van der Waals surface area contributed by atoms with Gasteiger partial charge in [-0.1, -0.05) is 12.5 Å². The number of nitrogens with zero attached hydrogens (tertiary/aromatic N) is 4. The Morgan fingerprint density at radius 3 is 2.65 bits per heavy atom. The van der Waals surface area contributed by atoms with E-state index in [0.29, 0.717) is 29.7 Å². The first-order valence-electron chi connectivity index (χ1n) is 9.85. The molecule has 0 saturated carbocycles. The zero-order valence-electron chi connectivity index (χ0n) is 16.6. The number of nitro groups is 1. The SMILES string of the molecule is O=C(Cn1ncc2ccc([N+](=O)[O-])cc21)Nc1cccc(S(=O)(=O)N2CCCCC2)c1. The molecule has 3 aromatic rings. The number of rotatable bonds is 6. The van der Waals surface area contributed by atoms with Gasteiger partial charge in [0.1, 0.15) is 6.54 Å². The Bertz CT molecular complexity index is 1250. The van der Waals surface area contributed by atoms with Gasteiger partial charge in [0.2, 0.25) is 15.9 Å². The minimum Gasteiger partial charge on any atom is -0.324 e. The summed E-state index contributed by atoms with van der Waals surface area (Å²) in [5, 5.41) is 18.5. The van der Waals surface area contributed by atoms with Crippen LogP contribution in [0.3, 0.4) is 0 Å². The molecule has 10 nitrogen and oxygen atoms in total. The average Bonchev–Trinajstić information content (AvgIpc) is 3.16. The summed E-state index contributed by atoms with van der Waals surface area (Å²) >= 11 is 0. The third-order valence-corrected chi connectivity index (χ3v) is 7.10. The van der Waals surface area contributed by atoms with E-state index in [4.69, 9.17) is 0 Å². The smallest absolute Gasteiger partial charge is 0.271 e. The fourth-order valence-electron chi connectivity index (χ4n) is 3.62. The molecule has 0 atom stereocenters. The molecule has 1 aromatic heterocycles. The largest absolute Gasteiger partial charge is 0.324 e. The van der Waals surface area contributed by atoms with Gasteiger partial charge in [0.25, 0.3) is 5.69 Å². The predicted molar refractivity (Wildman–Crippen MR) is 114 cm³/mol. The van der Waals surface area contributed by atoms with Crippen LogP contribution in [0.5, 0.6) is 0 Å². The van der Waals surface area contributed by atoms with Crippen molar-refractivity contribution < 1.29 is 18.1 Å². The van der Waals surface area contributed by atoms with Crippen LogP contribution in [0.4, 0.5) is 11.4 Å². The molecule has 0 bridgehead atoms. The number of hydrogen-bond donors (Lipinski definition) is 1. The summed E-state index contributed by atoms with van der Waals surface area (Å²) in [6.07, 6.45) is 4.23. The van der Waals surface area contributed by atoms with Gasteiger partial charge in [-0.05, 0) is 37.1 Å². The topological polar surface area (TPSA) is 127 Å². The third kappa shape index (κ3) is 4.42. The lowest BCUT2D eigenvalue weighted by Gasteiger charge is -2.26. The first-order valence-corrected chi connectivity index (χ1v) is 11.3. The van der Waals surface area contributed by atoms with Crippen LogP contribution in [0.1, 0.15) is 19.3 Å². The number of fused-ring (bicyclic) bond motifs is 1. The summed E-state index contributed by atoms with van der Waals surface area (Å²) in [4.78, 5) is 23.2. The molecule has 0 unspecified atom stereocenters. The van der Waals surface area contributed by atoms with Crippen molar-refractivity contribution in [2.75, 3.05) is 18.4 Å². The summed E-state index contributed by atoms with van der Waals surface area (Å²) in [5.41, 5.74) is 0.724. The number of hydrogen-bond acceptors (Lipinski definition) is 6. The van der Waals surface area contributed by atoms with E-state index in [2.05, 4.69) is 10.4 Å². The minimum absolute atomic E-state index is 0.0923. The van der Waals surface area contributed by atoms with E-state index in [1.807, 2.05) is 0 Å². The number of nitrogens with one attached hydrogen (secondary N) is 1. The molecule has 31 heavy (non-hydrogen) atoms. The van der Waals surface area contributed by atoms with Crippen molar-refractivity contribution in [1.82, 2.24) is 14.1 Å². The quantitative estimate of drug-likeness (QED) is 0.461. The number of carbonyl (C=O) groups is 1. The molecule has 1 aliphatic rings. The number of aromatic nitrogens is 2. The van der Waals surface area contributed by atoms with Gasteiger partial charge in [-0.15, -0.1) is 0 Å². The van der Waals surface area contributed by atoms with Crippen molar-refractivity contribution in [1.29, 1.82) is 0 Å². The van der Waals surface area contributed by atoms with Crippen molar-refractivity contribution in [3.63, 3.8) is 0 Å². The van der Waals surface area contributed by atoms with E-state index >= 15 is 0 Å². The molecule has 4 rings (SSSR count). The second-order valence-electron chi connectivity index (χ2n) is 7.34. The number of non-ortho nitro benzene ring substituents is 1. The van der Waals surface area contributed by atoms with Gasteiger partial charge < -0.3 is 5.32 Å². The first-order chi connectivity index (χ1) is 14.8. The molecule has 1 aliphatic heterocycles. The highest BCUT2D eigenvalue weighted by atomic mass is 32.2. The molecule has 0 radical (unpaired) electrons. The van der Waals surface area contributed by atoms with Gasteiger partial charge in [-0.25, -0.2) is 8.42 Å². The van der Waals surface area contributed by atoms with Crippen LogP contribution in [0.25, 0.3) is 10.9 Å². The fraction of sp³-hybridized carbons (Fsp3) is 0.300. The van der Waals surface area contributed by atoms with Gasteiger partial charge in [-0.2, -0.15) is 9.40 Å². The van der Waals surface area contributed by atoms with Crippen molar-refractivity contribution in [2.24, 2.45) is 0 Å². The molecule has 11 heteroatoms. The second kappa shape index (κ2) is 8.44. The van der Waals surface area contributed by atoms with E-state index < -0.39 is 20.9 Å². The van der Waals surface area contributed by atoms with Crippen molar-refractivity contribution >= 4 is 38.2 Å². The summed E-state index contributed by atoms with van der Waals surface area (Å²) in [5.74, 6) is -0.427. The Hall–Kier alpha value is -3.31. The zero-order valence-corrected chi connectivity index (χ0v) is 17.4. The highest BCUT2D eigenvalue weighted by molar-refractivity contribution is 7.89. The van der Waals surface area contributed by atoms with Crippen LogP contribution < -0.4 is 5.32 Å². The Kier molecular flexibility index (Phi) is 5.70. The monoisotopic (exact) mass is 443 g/mol. The van der Waals surface area contributed by atoms with E-state index in [1.165, 1.54) is 39.4 Å². The van der Waals surface area contributed by atoms with Crippen LogP contribution in [0.2, 0.25) is 0 Å². The van der Waals surface area contributed by atoms with E-state index in [-0.39, 0.29) is 17.1 Å². The Balaban J connectivity index is 1.51. The van der Waals surface area contributed by atoms with E-state index in [0.717, 1.165) is 19.3 Å². The molecule has 2 aromatic carbocycles. The molecule has 1 amide bonds. The molecule has 162 valence electrons. The normalized spacial score (nSPS) is 15.1. The number of piperidine rings is 1. The van der Waals surface area contributed by atoms with Crippen LogP contribution in [-0.4, -0.2) is 46.4 Å². The Morgan fingerprint density at radius 2 is 1.90 bits per heavy atom.